The average Bonchev–Trinajstić information content (AvgIpc) is 2.82. The number of hydrogen-bond acceptors (Lipinski definition) is 3. The Hall–Kier alpha value is -3.31. The molecule has 0 aliphatic rings. The minimum absolute atomic E-state index is 0.173. The lowest BCUT2D eigenvalue weighted by molar-refractivity contribution is -0.142. The van der Waals surface area contributed by atoms with Gasteiger partial charge >= 0.3 is 0 Å². The fourth-order valence-corrected chi connectivity index (χ4v) is 3.85. The smallest absolute Gasteiger partial charge is 0.261 e. The van der Waals surface area contributed by atoms with Gasteiger partial charge in [-0.3, -0.25) is 9.59 Å². The Balaban J connectivity index is 1.89. The molecule has 1 unspecified atom stereocenters. The minimum atomic E-state index is -0.703. The van der Waals surface area contributed by atoms with Crippen molar-refractivity contribution in [3.63, 3.8) is 0 Å². The summed E-state index contributed by atoms with van der Waals surface area (Å²) in [5, 5.41) is 3.28. The number of benzene rings is 3. The average molecular weight is 465 g/mol. The summed E-state index contributed by atoms with van der Waals surface area (Å²) in [4.78, 5) is 27.9. The summed E-state index contributed by atoms with van der Waals surface area (Å²) in [6, 6.07) is 22.1. The summed E-state index contributed by atoms with van der Waals surface area (Å²) >= 11 is 6.17. The van der Waals surface area contributed by atoms with Crippen LogP contribution < -0.4 is 10.1 Å². The van der Waals surface area contributed by atoms with Crippen LogP contribution in [0.5, 0.6) is 5.75 Å². The molecule has 0 spiro atoms. The van der Waals surface area contributed by atoms with Gasteiger partial charge in [0.25, 0.3) is 5.91 Å². The van der Waals surface area contributed by atoms with Crippen LogP contribution in [0.25, 0.3) is 0 Å². The molecule has 1 atom stereocenters. The zero-order valence-corrected chi connectivity index (χ0v) is 19.9. The molecular weight excluding hydrogens is 436 g/mol. The van der Waals surface area contributed by atoms with Gasteiger partial charge in [-0.25, -0.2) is 0 Å². The van der Waals surface area contributed by atoms with Crippen LogP contribution in [0.3, 0.4) is 0 Å². The molecule has 0 radical (unpaired) electrons. The maximum absolute atomic E-state index is 13.4. The second-order valence-corrected chi connectivity index (χ2v) is 8.47. The molecule has 0 fully saturated rings. The van der Waals surface area contributed by atoms with Crippen molar-refractivity contribution >= 4 is 23.4 Å². The van der Waals surface area contributed by atoms with E-state index in [9.17, 15) is 9.59 Å². The van der Waals surface area contributed by atoms with Gasteiger partial charge in [-0.15, -0.1) is 0 Å². The summed E-state index contributed by atoms with van der Waals surface area (Å²) in [7, 11) is 1.58. The number of rotatable bonds is 9. The van der Waals surface area contributed by atoms with Crippen LogP contribution in [0, 0.1) is 13.8 Å². The quantitative estimate of drug-likeness (QED) is 0.498. The number of amides is 2. The van der Waals surface area contributed by atoms with E-state index >= 15 is 0 Å². The Bertz CT molecular complexity index is 1100. The Morgan fingerprint density at radius 1 is 0.970 bits per heavy atom. The number of nitrogens with one attached hydrogen (secondary N) is 1. The lowest BCUT2D eigenvalue weighted by Gasteiger charge is -2.31. The van der Waals surface area contributed by atoms with Crippen molar-refractivity contribution in [2.45, 2.75) is 32.9 Å². The second kappa shape index (κ2) is 11.5. The molecule has 5 nitrogen and oxygen atoms in total. The molecule has 0 aliphatic heterocycles. The van der Waals surface area contributed by atoms with Crippen LogP contribution in [0.1, 0.15) is 22.3 Å². The van der Waals surface area contributed by atoms with E-state index < -0.39 is 6.04 Å². The first-order valence-corrected chi connectivity index (χ1v) is 11.2. The Morgan fingerprint density at radius 3 is 2.39 bits per heavy atom. The molecular formula is C27H29ClN2O3. The molecule has 0 aliphatic carbocycles. The first-order chi connectivity index (χ1) is 15.9. The van der Waals surface area contributed by atoms with Crippen molar-refractivity contribution in [1.29, 1.82) is 0 Å². The predicted molar refractivity (Wildman–Crippen MR) is 131 cm³/mol. The molecule has 0 bridgehead atoms. The van der Waals surface area contributed by atoms with Crippen molar-refractivity contribution in [1.82, 2.24) is 10.2 Å². The molecule has 2 amide bonds. The number of aryl methyl sites for hydroxylation is 2. The van der Waals surface area contributed by atoms with Gasteiger partial charge in [-0.2, -0.15) is 0 Å². The Morgan fingerprint density at radius 2 is 1.70 bits per heavy atom. The van der Waals surface area contributed by atoms with E-state index in [1.165, 1.54) is 0 Å². The highest BCUT2D eigenvalue weighted by molar-refractivity contribution is 6.30. The first-order valence-electron chi connectivity index (χ1n) is 10.9. The van der Waals surface area contributed by atoms with Gasteiger partial charge in [-0.05, 0) is 54.3 Å². The molecule has 3 rings (SSSR count). The standard InChI is InChI=1S/C27H29ClN2O3/c1-19-12-13-20(2)25(14-19)33-18-26(31)30(17-22-10-7-11-23(28)15-22)24(27(32)29-3)16-21-8-5-4-6-9-21/h4-15,24H,16-18H2,1-3H3,(H,29,32). The summed E-state index contributed by atoms with van der Waals surface area (Å²) < 4.78 is 5.89. The van der Waals surface area contributed by atoms with Crippen molar-refractivity contribution in [3.8, 4) is 5.75 Å². The van der Waals surface area contributed by atoms with Crippen LogP contribution in [-0.2, 0) is 22.6 Å². The van der Waals surface area contributed by atoms with Crippen LogP contribution in [0.2, 0.25) is 5.02 Å². The molecule has 0 saturated carbocycles. The Kier molecular flexibility index (Phi) is 8.50. The van der Waals surface area contributed by atoms with Crippen LogP contribution in [0.4, 0.5) is 0 Å². The van der Waals surface area contributed by atoms with Gasteiger partial charge in [0, 0.05) is 25.0 Å². The largest absolute Gasteiger partial charge is 0.483 e. The summed E-state index contributed by atoms with van der Waals surface area (Å²) in [6.45, 7) is 3.97. The maximum atomic E-state index is 13.4. The fourth-order valence-electron chi connectivity index (χ4n) is 3.64. The number of hydrogen-bond donors (Lipinski definition) is 1. The highest BCUT2D eigenvalue weighted by Gasteiger charge is 2.30. The summed E-state index contributed by atoms with van der Waals surface area (Å²) in [6.07, 6.45) is 0.385. The van der Waals surface area contributed by atoms with E-state index in [1.54, 1.807) is 24.1 Å². The van der Waals surface area contributed by atoms with Crippen LogP contribution in [0.15, 0.2) is 72.8 Å². The van der Waals surface area contributed by atoms with Crippen LogP contribution >= 0.6 is 11.6 Å². The van der Waals surface area contributed by atoms with Gasteiger partial charge in [0.2, 0.25) is 5.91 Å². The summed E-state index contributed by atoms with van der Waals surface area (Å²) in [5.74, 6) is 0.145. The monoisotopic (exact) mass is 464 g/mol. The number of likely N-dealkylation sites (N-methyl/N-ethyl adjacent to an activating group) is 1. The molecule has 3 aromatic rings. The summed E-state index contributed by atoms with van der Waals surface area (Å²) in [5.41, 5.74) is 3.79. The third kappa shape index (κ3) is 6.83. The molecule has 172 valence electrons. The van der Waals surface area contributed by atoms with Crippen molar-refractivity contribution in [2.75, 3.05) is 13.7 Å². The zero-order valence-electron chi connectivity index (χ0n) is 19.2. The minimum Gasteiger partial charge on any atom is -0.483 e. The van der Waals surface area contributed by atoms with Gasteiger partial charge in [0.15, 0.2) is 6.61 Å². The van der Waals surface area contributed by atoms with E-state index in [0.717, 1.165) is 22.3 Å². The van der Waals surface area contributed by atoms with Gasteiger partial charge in [0.05, 0.1) is 0 Å². The lowest BCUT2D eigenvalue weighted by Crippen LogP contribution is -2.51. The fraction of sp³-hybridized carbons (Fsp3) is 0.259. The van der Waals surface area contributed by atoms with E-state index in [0.29, 0.717) is 17.2 Å². The molecule has 1 N–H and O–H groups in total. The van der Waals surface area contributed by atoms with Crippen LogP contribution in [-0.4, -0.2) is 36.4 Å². The second-order valence-electron chi connectivity index (χ2n) is 8.03. The molecule has 6 heteroatoms. The third-order valence-corrected chi connectivity index (χ3v) is 5.69. The number of halogens is 1. The van der Waals surface area contributed by atoms with Gasteiger partial charge in [-0.1, -0.05) is 66.2 Å². The number of nitrogens with zero attached hydrogens (tertiary/aromatic N) is 1. The molecule has 0 saturated heterocycles. The maximum Gasteiger partial charge on any atom is 0.261 e. The molecule has 33 heavy (non-hydrogen) atoms. The Labute approximate surface area is 200 Å². The molecule has 3 aromatic carbocycles. The van der Waals surface area contributed by atoms with Gasteiger partial charge < -0.3 is 15.0 Å². The lowest BCUT2D eigenvalue weighted by atomic mass is 10.0. The first kappa shape index (κ1) is 24.3. The number of carbonyl (C=O) groups is 2. The number of ether oxygens (including phenoxy) is 1. The van der Waals surface area contributed by atoms with E-state index in [2.05, 4.69) is 5.32 Å². The van der Waals surface area contributed by atoms with E-state index in [1.807, 2.05) is 74.5 Å². The zero-order chi connectivity index (χ0) is 23.8. The molecule has 0 heterocycles. The molecule has 0 aromatic heterocycles. The van der Waals surface area contributed by atoms with E-state index in [4.69, 9.17) is 16.3 Å². The van der Waals surface area contributed by atoms with Crippen molar-refractivity contribution in [2.24, 2.45) is 0 Å². The topological polar surface area (TPSA) is 58.6 Å². The van der Waals surface area contributed by atoms with E-state index in [-0.39, 0.29) is 25.0 Å². The third-order valence-electron chi connectivity index (χ3n) is 5.45. The van der Waals surface area contributed by atoms with Crippen molar-refractivity contribution < 1.29 is 14.3 Å². The highest BCUT2D eigenvalue weighted by atomic mass is 35.5. The van der Waals surface area contributed by atoms with Gasteiger partial charge in [0.1, 0.15) is 11.8 Å². The van der Waals surface area contributed by atoms with Crippen molar-refractivity contribution in [3.05, 3.63) is 100 Å². The SMILES string of the molecule is CNC(=O)C(Cc1ccccc1)N(Cc1cccc(Cl)c1)C(=O)COc1cc(C)ccc1C. The normalized spacial score (nSPS) is 11.5. The predicted octanol–water partition coefficient (Wildman–Crippen LogP) is 4.72. The highest BCUT2D eigenvalue weighted by Crippen LogP contribution is 2.21. The number of carbonyl (C=O) groups excluding carboxylic acids is 2.